The minimum Gasteiger partial charge on any atom is -0.352 e. The van der Waals surface area contributed by atoms with Crippen LogP contribution in [0.1, 0.15) is 43.9 Å². The zero-order chi connectivity index (χ0) is 28.7. The van der Waals surface area contributed by atoms with E-state index in [0.29, 0.717) is 22.7 Å². The van der Waals surface area contributed by atoms with Crippen LogP contribution in [0.2, 0.25) is 5.02 Å². The fraction of sp³-hybridized carbons (Fsp3) is 0.333. The van der Waals surface area contributed by atoms with Gasteiger partial charge in [0.2, 0.25) is 11.8 Å². The Morgan fingerprint density at radius 3 is 2.15 bits per heavy atom. The van der Waals surface area contributed by atoms with Crippen molar-refractivity contribution in [2.45, 2.75) is 64.6 Å². The quantitative estimate of drug-likeness (QED) is 0.331. The molecule has 0 spiro atoms. The molecule has 0 fully saturated rings. The van der Waals surface area contributed by atoms with Gasteiger partial charge in [-0.2, -0.15) is 0 Å². The van der Waals surface area contributed by atoms with Crippen LogP contribution in [-0.2, 0) is 26.2 Å². The summed E-state index contributed by atoms with van der Waals surface area (Å²) >= 11 is 6.16. The molecule has 0 saturated carbocycles. The Morgan fingerprint density at radius 2 is 1.59 bits per heavy atom. The predicted octanol–water partition coefficient (Wildman–Crippen LogP) is 5.48. The molecule has 7 nitrogen and oxygen atoms in total. The van der Waals surface area contributed by atoms with Gasteiger partial charge in [-0.05, 0) is 75.6 Å². The number of amides is 2. The molecule has 0 aliphatic rings. The summed E-state index contributed by atoms with van der Waals surface area (Å²) < 4.78 is 28.9. The van der Waals surface area contributed by atoms with Crippen LogP contribution in [0.4, 0.5) is 5.69 Å². The van der Waals surface area contributed by atoms with Crippen LogP contribution in [0.3, 0.4) is 0 Å². The summed E-state index contributed by atoms with van der Waals surface area (Å²) in [5.74, 6) is -0.775. The van der Waals surface area contributed by atoms with Gasteiger partial charge in [0.25, 0.3) is 10.0 Å². The SMILES string of the molecule is CCC(C(=O)NC(C)C)N(Cc1ccc(C)cc1)C(=O)CN(c1ccc(Cl)cc1C)S(=O)(=O)c1ccccc1. The molecule has 3 rings (SSSR count). The standard InChI is InChI=1S/C30H36ClN3O4S/c1-6-27(30(36)32-21(2)3)33(19-24-14-12-22(4)13-15-24)29(35)20-34(28-17-16-25(31)18-23(28)5)39(37,38)26-10-8-7-9-11-26/h7-18,21,27H,6,19-20H2,1-5H3,(H,32,36). The second-order valence-corrected chi connectivity index (χ2v) is 12.1. The summed E-state index contributed by atoms with van der Waals surface area (Å²) in [6.07, 6.45) is 0.363. The van der Waals surface area contributed by atoms with Gasteiger partial charge in [0.05, 0.1) is 10.6 Å². The van der Waals surface area contributed by atoms with Crippen molar-refractivity contribution in [3.63, 3.8) is 0 Å². The van der Waals surface area contributed by atoms with Crippen LogP contribution >= 0.6 is 11.6 Å². The highest BCUT2D eigenvalue weighted by Crippen LogP contribution is 2.29. The summed E-state index contributed by atoms with van der Waals surface area (Å²) in [5, 5.41) is 3.36. The topological polar surface area (TPSA) is 86.8 Å². The summed E-state index contributed by atoms with van der Waals surface area (Å²) in [5.41, 5.74) is 2.85. The van der Waals surface area contributed by atoms with E-state index in [1.165, 1.54) is 17.0 Å². The number of hydrogen-bond donors (Lipinski definition) is 1. The molecule has 0 aromatic heterocycles. The summed E-state index contributed by atoms with van der Waals surface area (Å²) in [4.78, 5) is 28.8. The number of hydrogen-bond acceptors (Lipinski definition) is 4. The van der Waals surface area contributed by atoms with E-state index in [9.17, 15) is 18.0 Å². The monoisotopic (exact) mass is 569 g/mol. The van der Waals surface area contributed by atoms with Crippen molar-refractivity contribution < 1.29 is 18.0 Å². The normalized spacial score (nSPS) is 12.2. The summed E-state index contributed by atoms with van der Waals surface area (Å²) in [6.45, 7) is 8.93. The molecule has 0 aliphatic heterocycles. The summed E-state index contributed by atoms with van der Waals surface area (Å²) in [6, 6.07) is 19.6. The van der Waals surface area contributed by atoms with Crippen molar-refractivity contribution in [3.05, 3.63) is 94.5 Å². The van der Waals surface area contributed by atoms with Gasteiger partial charge in [-0.15, -0.1) is 0 Å². The smallest absolute Gasteiger partial charge is 0.264 e. The van der Waals surface area contributed by atoms with Crippen LogP contribution < -0.4 is 9.62 Å². The number of nitrogens with zero attached hydrogens (tertiary/aromatic N) is 2. The number of sulfonamides is 1. The molecular formula is C30H36ClN3O4S. The Balaban J connectivity index is 2.08. The fourth-order valence-corrected chi connectivity index (χ4v) is 6.05. The van der Waals surface area contributed by atoms with Crippen molar-refractivity contribution >= 4 is 39.1 Å². The van der Waals surface area contributed by atoms with Gasteiger partial charge >= 0.3 is 0 Å². The first-order valence-electron chi connectivity index (χ1n) is 12.9. The van der Waals surface area contributed by atoms with E-state index in [0.717, 1.165) is 15.4 Å². The molecule has 39 heavy (non-hydrogen) atoms. The van der Waals surface area contributed by atoms with E-state index in [4.69, 9.17) is 11.6 Å². The molecular weight excluding hydrogens is 534 g/mol. The molecule has 1 atom stereocenters. The highest BCUT2D eigenvalue weighted by molar-refractivity contribution is 7.92. The molecule has 3 aromatic rings. The molecule has 0 radical (unpaired) electrons. The zero-order valence-electron chi connectivity index (χ0n) is 23.0. The van der Waals surface area contributed by atoms with E-state index in [1.54, 1.807) is 43.3 Å². The minimum atomic E-state index is -4.13. The molecule has 208 valence electrons. The highest BCUT2D eigenvalue weighted by Gasteiger charge is 2.34. The highest BCUT2D eigenvalue weighted by atomic mass is 35.5. The Bertz CT molecular complexity index is 1390. The van der Waals surface area contributed by atoms with E-state index >= 15 is 0 Å². The van der Waals surface area contributed by atoms with E-state index in [-0.39, 0.29) is 23.4 Å². The van der Waals surface area contributed by atoms with Crippen LogP contribution in [0.5, 0.6) is 0 Å². The number of halogens is 1. The second kappa shape index (κ2) is 13.1. The molecule has 1 unspecified atom stereocenters. The molecule has 1 N–H and O–H groups in total. The van der Waals surface area contributed by atoms with E-state index in [1.807, 2.05) is 52.0 Å². The zero-order valence-corrected chi connectivity index (χ0v) is 24.6. The van der Waals surface area contributed by atoms with Gasteiger partial charge < -0.3 is 10.2 Å². The average molecular weight is 570 g/mol. The van der Waals surface area contributed by atoms with Gasteiger partial charge in [0.1, 0.15) is 12.6 Å². The lowest BCUT2D eigenvalue weighted by Crippen LogP contribution is -2.53. The number of anilines is 1. The third-order valence-corrected chi connectivity index (χ3v) is 8.34. The van der Waals surface area contributed by atoms with Gasteiger partial charge in [-0.3, -0.25) is 13.9 Å². The Kier molecular flexibility index (Phi) is 10.2. The van der Waals surface area contributed by atoms with Crippen molar-refractivity contribution in [3.8, 4) is 0 Å². The number of carbonyl (C=O) groups is 2. The average Bonchev–Trinajstić information content (AvgIpc) is 2.88. The largest absolute Gasteiger partial charge is 0.352 e. The summed E-state index contributed by atoms with van der Waals surface area (Å²) in [7, 11) is -4.13. The van der Waals surface area contributed by atoms with Crippen molar-refractivity contribution in [1.82, 2.24) is 10.2 Å². The third kappa shape index (κ3) is 7.61. The lowest BCUT2D eigenvalue weighted by molar-refractivity contribution is -0.140. The molecule has 2 amide bonds. The van der Waals surface area contributed by atoms with Gasteiger partial charge in [-0.1, -0.05) is 66.6 Å². The van der Waals surface area contributed by atoms with Gasteiger partial charge in [0.15, 0.2) is 0 Å². The molecule has 9 heteroatoms. The van der Waals surface area contributed by atoms with Crippen molar-refractivity contribution in [2.24, 2.45) is 0 Å². The second-order valence-electron chi connectivity index (χ2n) is 9.85. The minimum absolute atomic E-state index is 0.0572. The van der Waals surface area contributed by atoms with E-state index < -0.39 is 28.5 Å². The Morgan fingerprint density at radius 1 is 0.949 bits per heavy atom. The number of nitrogens with one attached hydrogen (secondary N) is 1. The molecule has 0 heterocycles. The lowest BCUT2D eigenvalue weighted by Gasteiger charge is -2.34. The van der Waals surface area contributed by atoms with Crippen LogP contribution in [0.15, 0.2) is 77.7 Å². The lowest BCUT2D eigenvalue weighted by atomic mass is 10.1. The maximum absolute atomic E-state index is 14.1. The molecule has 0 saturated heterocycles. The van der Waals surface area contributed by atoms with Gasteiger partial charge in [-0.25, -0.2) is 8.42 Å². The third-order valence-electron chi connectivity index (χ3n) is 6.33. The van der Waals surface area contributed by atoms with E-state index in [2.05, 4.69) is 5.32 Å². The molecule has 3 aromatic carbocycles. The van der Waals surface area contributed by atoms with Crippen molar-refractivity contribution in [2.75, 3.05) is 10.8 Å². The number of rotatable bonds is 11. The Hall–Kier alpha value is -3.36. The molecule has 0 aliphatic carbocycles. The maximum atomic E-state index is 14.1. The first-order chi connectivity index (χ1) is 18.4. The van der Waals surface area contributed by atoms with Crippen LogP contribution in [0.25, 0.3) is 0 Å². The number of benzene rings is 3. The first-order valence-corrected chi connectivity index (χ1v) is 14.7. The number of carbonyl (C=O) groups excluding carboxylic acids is 2. The first kappa shape index (κ1) is 30.2. The van der Waals surface area contributed by atoms with Crippen LogP contribution in [-0.4, -0.2) is 43.8 Å². The fourth-order valence-electron chi connectivity index (χ4n) is 4.32. The van der Waals surface area contributed by atoms with Gasteiger partial charge in [0, 0.05) is 17.6 Å². The van der Waals surface area contributed by atoms with Crippen LogP contribution in [0, 0.1) is 13.8 Å². The maximum Gasteiger partial charge on any atom is 0.264 e. The predicted molar refractivity (Wildman–Crippen MR) is 156 cm³/mol. The van der Waals surface area contributed by atoms with Crippen molar-refractivity contribution in [1.29, 1.82) is 0 Å². The Labute approximate surface area is 236 Å². The molecule has 0 bridgehead atoms. The number of aryl methyl sites for hydroxylation is 2.